The summed E-state index contributed by atoms with van der Waals surface area (Å²) < 4.78 is 6.80. The second-order valence-electron chi connectivity index (χ2n) is 11.4. The first-order chi connectivity index (χ1) is 22.3. The van der Waals surface area contributed by atoms with Gasteiger partial charge in [0.25, 0.3) is 0 Å². The van der Waals surface area contributed by atoms with Gasteiger partial charge in [0.1, 0.15) is 22.9 Å². The minimum absolute atomic E-state index is 0.622. The van der Waals surface area contributed by atoms with Crippen molar-refractivity contribution in [3.8, 4) is 22.9 Å². The number of rotatable bonds is 3. The molecule has 0 aliphatic rings. The lowest BCUT2D eigenvalue weighted by molar-refractivity contribution is 1.01. The molecule has 0 saturated heterocycles. The van der Waals surface area contributed by atoms with E-state index in [0.717, 1.165) is 71.9 Å². The summed E-state index contributed by atoms with van der Waals surface area (Å²) in [7, 11) is 0. The van der Waals surface area contributed by atoms with Crippen LogP contribution < -0.4 is 0 Å². The number of nitrogens with zero attached hydrogens (tertiary/aromatic N) is 6. The average molecular weight is 577 g/mol. The Morgan fingerprint density at radius 1 is 0.511 bits per heavy atom. The molecule has 0 amide bonds. The van der Waals surface area contributed by atoms with Crippen molar-refractivity contribution in [3.63, 3.8) is 0 Å². The standard InChI is InChI=1S/C39H24N6/c1-3-13-25(14-4-1)34-28-18-8-10-20-30(28)41-39(42-34)45-32-22-12-9-19-29(32)36-38(45)37-35(40-24-43(37)27-16-5-2-6-17-27)33-23-26-15-7-11-21-31(26)44(33)36/h1-24H. The van der Waals surface area contributed by atoms with Gasteiger partial charge in [-0.1, -0.05) is 103 Å². The fourth-order valence-electron chi connectivity index (χ4n) is 6.97. The summed E-state index contributed by atoms with van der Waals surface area (Å²) in [5, 5.41) is 3.32. The molecule has 0 atom stereocenters. The van der Waals surface area contributed by atoms with Gasteiger partial charge in [0.2, 0.25) is 5.95 Å². The highest BCUT2D eigenvalue weighted by molar-refractivity contribution is 6.21. The lowest BCUT2D eigenvalue weighted by Crippen LogP contribution is -2.05. The van der Waals surface area contributed by atoms with E-state index in [-0.39, 0.29) is 0 Å². The molecule has 45 heavy (non-hydrogen) atoms. The van der Waals surface area contributed by atoms with E-state index in [4.69, 9.17) is 15.0 Å². The summed E-state index contributed by atoms with van der Waals surface area (Å²) >= 11 is 0. The first-order valence-electron chi connectivity index (χ1n) is 15.1. The van der Waals surface area contributed by atoms with Crippen LogP contribution in [-0.2, 0) is 0 Å². The number of fused-ring (bicyclic) bond motifs is 11. The number of hydrogen-bond acceptors (Lipinski definition) is 3. The van der Waals surface area contributed by atoms with E-state index >= 15 is 0 Å². The molecule has 0 spiro atoms. The molecular formula is C39H24N6. The molecule has 0 aliphatic heterocycles. The van der Waals surface area contributed by atoms with Crippen LogP contribution in [0.1, 0.15) is 0 Å². The van der Waals surface area contributed by atoms with Crippen LogP contribution in [0, 0.1) is 0 Å². The van der Waals surface area contributed by atoms with Gasteiger partial charge in [-0.25, -0.2) is 15.0 Å². The molecule has 10 aromatic rings. The first-order valence-corrected chi connectivity index (χ1v) is 15.1. The zero-order valence-corrected chi connectivity index (χ0v) is 24.0. The van der Waals surface area contributed by atoms with Crippen molar-refractivity contribution < 1.29 is 0 Å². The zero-order chi connectivity index (χ0) is 29.5. The predicted octanol–water partition coefficient (Wildman–Crippen LogP) is 9.14. The van der Waals surface area contributed by atoms with Crippen molar-refractivity contribution >= 4 is 60.3 Å². The Balaban J connectivity index is 1.47. The maximum absolute atomic E-state index is 5.35. The monoisotopic (exact) mass is 576 g/mol. The van der Waals surface area contributed by atoms with Crippen LogP contribution in [0.4, 0.5) is 0 Å². The Labute approximate surface area is 257 Å². The molecule has 210 valence electrons. The minimum atomic E-state index is 0.622. The van der Waals surface area contributed by atoms with Gasteiger partial charge in [-0.05, 0) is 36.4 Å². The van der Waals surface area contributed by atoms with Crippen molar-refractivity contribution in [2.45, 2.75) is 0 Å². The molecule has 5 heterocycles. The molecule has 5 aromatic heterocycles. The van der Waals surface area contributed by atoms with Crippen LogP contribution in [0.3, 0.4) is 0 Å². The molecule has 0 bridgehead atoms. The molecule has 5 aromatic carbocycles. The maximum Gasteiger partial charge on any atom is 0.235 e. The Hall–Kier alpha value is -6.27. The quantitative estimate of drug-likeness (QED) is 0.211. The van der Waals surface area contributed by atoms with Gasteiger partial charge in [0.05, 0.1) is 33.3 Å². The summed E-state index contributed by atoms with van der Waals surface area (Å²) in [6.45, 7) is 0. The molecule has 10 rings (SSSR count). The topological polar surface area (TPSA) is 52.9 Å². The summed E-state index contributed by atoms with van der Waals surface area (Å²) in [5.74, 6) is 0.622. The molecule has 0 saturated carbocycles. The van der Waals surface area contributed by atoms with Crippen LogP contribution in [0.2, 0.25) is 0 Å². The number of pyridine rings is 1. The third-order valence-corrected chi connectivity index (χ3v) is 8.89. The van der Waals surface area contributed by atoms with Gasteiger partial charge in [0, 0.05) is 27.4 Å². The van der Waals surface area contributed by atoms with Gasteiger partial charge in [-0.15, -0.1) is 0 Å². The Kier molecular flexibility index (Phi) is 4.90. The lowest BCUT2D eigenvalue weighted by Gasteiger charge is -2.13. The van der Waals surface area contributed by atoms with E-state index in [2.05, 4.69) is 129 Å². The van der Waals surface area contributed by atoms with E-state index in [1.54, 1.807) is 0 Å². The summed E-state index contributed by atoms with van der Waals surface area (Å²) in [6, 6.07) is 48.5. The summed E-state index contributed by atoms with van der Waals surface area (Å²) in [5.41, 5.74) is 11.2. The number of hydrogen-bond donors (Lipinski definition) is 0. The summed E-state index contributed by atoms with van der Waals surface area (Å²) in [4.78, 5) is 15.7. The minimum Gasteiger partial charge on any atom is -0.305 e. The van der Waals surface area contributed by atoms with Crippen LogP contribution in [0.25, 0.3) is 83.2 Å². The Morgan fingerprint density at radius 2 is 1.20 bits per heavy atom. The molecular weight excluding hydrogens is 552 g/mol. The molecule has 6 nitrogen and oxygen atoms in total. The second-order valence-corrected chi connectivity index (χ2v) is 11.4. The number of aromatic nitrogens is 6. The number of para-hydroxylation sites is 4. The summed E-state index contributed by atoms with van der Waals surface area (Å²) in [6.07, 6.45) is 1.94. The van der Waals surface area contributed by atoms with Crippen LogP contribution >= 0.6 is 0 Å². The largest absolute Gasteiger partial charge is 0.305 e. The SMILES string of the molecule is c1ccc(-c2nc(-n3c4ccccc4c4c3c3c(ncn3-c3ccccc3)c3cc5ccccc5n34)nc3ccccc23)cc1. The fraction of sp³-hybridized carbons (Fsp3) is 0. The van der Waals surface area contributed by atoms with Gasteiger partial charge in [-0.3, -0.25) is 9.13 Å². The Bertz CT molecular complexity index is 2750. The van der Waals surface area contributed by atoms with Crippen molar-refractivity contribution in [3.05, 3.63) is 146 Å². The molecule has 0 fully saturated rings. The van der Waals surface area contributed by atoms with Crippen molar-refractivity contribution in [2.24, 2.45) is 0 Å². The average Bonchev–Trinajstić information content (AvgIpc) is 3.81. The van der Waals surface area contributed by atoms with Gasteiger partial charge in [0.15, 0.2) is 0 Å². The van der Waals surface area contributed by atoms with E-state index < -0.39 is 0 Å². The highest BCUT2D eigenvalue weighted by Crippen LogP contribution is 2.41. The molecule has 0 aliphatic carbocycles. The van der Waals surface area contributed by atoms with Crippen molar-refractivity contribution in [1.82, 2.24) is 28.5 Å². The number of imidazole rings is 1. The fourth-order valence-corrected chi connectivity index (χ4v) is 6.97. The maximum atomic E-state index is 5.35. The van der Waals surface area contributed by atoms with E-state index in [9.17, 15) is 0 Å². The zero-order valence-electron chi connectivity index (χ0n) is 24.0. The first kappa shape index (κ1) is 24.2. The van der Waals surface area contributed by atoms with Gasteiger partial charge in [-0.2, -0.15) is 0 Å². The van der Waals surface area contributed by atoms with Crippen LogP contribution in [0.15, 0.2) is 146 Å². The lowest BCUT2D eigenvalue weighted by atomic mass is 10.1. The Morgan fingerprint density at radius 3 is 2.04 bits per heavy atom. The van der Waals surface area contributed by atoms with E-state index in [1.807, 2.05) is 30.6 Å². The smallest absolute Gasteiger partial charge is 0.235 e. The van der Waals surface area contributed by atoms with Gasteiger partial charge < -0.3 is 4.40 Å². The third kappa shape index (κ3) is 3.36. The van der Waals surface area contributed by atoms with E-state index in [0.29, 0.717) is 5.95 Å². The number of benzene rings is 5. The molecule has 0 N–H and O–H groups in total. The normalized spacial score (nSPS) is 12.0. The van der Waals surface area contributed by atoms with Gasteiger partial charge >= 0.3 is 0 Å². The highest BCUT2D eigenvalue weighted by Gasteiger charge is 2.25. The third-order valence-electron chi connectivity index (χ3n) is 8.89. The van der Waals surface area contributed by atoms with Crippen LogP contribution in [-0.4, -0.2) is 28.5 Å². The van der Waals surface area contributed by atoms with Crippen LogP contribution in [0.5, 0.6) is 0 Å². The molecule has 6 heteroatoms. The van der Waals surface area contributed by atoms with Crippen molar-refractivity contribution in [1.29, 1.82) is 0 Å². The molecule has 0 unspecified atom stereocenters. The predicted molar refractivity (Wildman–Crippen MR) is 182 cm³/mol. The van der Waals surface area contributed by atoms with Crippen molar-refractivity contribution in [2.75, 3.05) is 0 Å². The highest BCUT2D eigenvalue weighted by atomic mass is 15.2. The molecule has 0 radical (unpaired) electrons. The van der Waals surface area contributed by atoms with E-state index in [1.165, 1.54) is 5.39 Å². The second kappa shape index (κ2) is 9.11.